The van der Waals surface area contributed by atoms with Crippen LogP contribution in [0.3, 0.4) is 0 Å². The second-order valence-electron chi connectivity index (χ2n) is 9.93. The fourth-order valence-corrected chi connectivity index (χ4v) is 5.67. The highest BCUT2D eigenvalue weighted by Crippen LogP contribution is 2.32. The van der Waals surface area contributed by atoms with Gasteiger partial charge in [-0.1, -0.05) is 0 Å². The summed E-state index contributed by atoms with van der Waals surface area (Å²) in [6.45, 7) is 7.53. The molecule has 4 aliphatic rings. The van der Waals surface area contributed by atoms with Gasteiger partial charge >= 0.3 is 6.09 Å². The Morgan fingerprint density at radius 3 is 2.76 bits per heavy atom. The molecule has 5 rings (SSSR count). The normalized spacial score (nSPS) is 28.1. The maximum Gasteiger partial charge on any atom is 0.407 e. The fourth-order valence-electron chi connectivity index (χ4n) is 5.67. The Hall–Kier alpha value is -2.06. The lowest BCUT2D eigenvalue weighted by molar-refractivity contribution is -0.0175. The van der Waals surface area contributed by atoms with E-state index in [4.69, 9.17) is 14.2 Å². The lowest BCUT2D eigenvalue weighted by Gasteiger charge is -2.37. The van der Waals surface area contributed by atoms with Crippen LogP contribution in [0.2, 0.25) is 0 Å². The highest BCUT2D eigenvalue weighted by molar-refractivity contribution is 5.67. The summed E-state index contributed by atoms with van der Waals surface area (Å²) in [5.74, 6) is 2.91. The van der Waals surface area contributed by atoms with Gasteiger partial charge in [-0.25, -0.2) is 9.78 Å². The molecule has 8 heteroatoms. The van der Waals surface area contributed by atoms with Gasteiger partial charge < -0.3 is 24.4 Å². The maximum absolute atomic E-state index is 12.2. The van der Waals surface area contributed by atoms with E-state index in [1.165, 1.54) is 31.4 Å². The number of fused-ring (bicyclic) bond motifs is 1. The first-order valence-corrected chi connectivity index (χ1v) is 12.9. The van der Waals surface area contributed by atoms with Crippen LogP contribution in [0.1, 0.15) is 50.5 Å². The summed E-state index contributed by atoms with van der Waals surface area (Å²) in [6, 6.07) is 2.24. The molecule has 1 unspecified atom stereocenters. The van der Waals surface area contributed by atoms with E-state index in [0.29, 0.717) is 6.61 Å². The van der Waals surface area contributed by atoms with Crippen molar-refractivity contribution in [1.29, 1.82) is 0 Å². The van der Waals surface area contributed by atoms with Gasteiger partial charge in [0.2, 0.25) is 0 Å². The molecule has 182 valence electrons. The van der Waals surface area contributed by atoms with Crippen molar-refractivity contribution in [3.8, 4) is 5.75 Å². The highest BCUT2D eigenvalue weighted by Gasteiger charge is 2.27. The fraction of sp³-hybridized carbons (Fsp3) is 0.760. The molecule has 0 spiro atoms. The quantitative estimate of drug-likeness (QED) is 0.702. The minimum absolute atomic E-state index is 0.0810. The van der Waals surface area contributed by atoms with Crippen molar-refractivity contribution in [1.82, 2.24) is 15.2 Å². The Morgan fingerprint density at radius 1 is 1.12 bits per heavy atom. The third-order valence-electron chi connectivity index (χ3n) is 7.69. The van der Waals surface area contributed by atoms with Crippen LogP contribution in [-0.2, 0) is 15.9 Å². The summed E-state index contributed by atoms with van der Waals surface area (Å²) >= 11 is 0. The number of rotatable bonds is 6. The number of hydrogen-bond acceptors (Lipinski definition) is 7. The number of amides is 1. The van der Waals surface area contributed by atoms with Gasteiger partial charge in [-0.15, -0.1) is 0 Å². The van der Waals surface area contributed by atoms with Gasteiger partial charge in [0, 0.05) is 57.0 Å². The van der Waals surface area contributed by atoms with Gasteiger partial charge in [-0.2, -0.15) is 0 Å². The zero-order valence-corrected chi connectivity index (χ0v) is 19.7. The third-order valence-corrected chi connectivity index (χ3v) is 7.69. The Kier molecular flexibility index (Phi) is 7.51. The molecule has 3 aliphatic heterocycles. The van der Waals surface area contributed by atoms with E-state index in [1.54, 1.807) is 0 Å². The van der Waals surface area contributed by atoms with Crippen LogP contribution < -0.4 is 15.0 Å². The lowest BCUT2D eigenvalue weighted by atomic mass is 9.84. The van der Waals surface area contributed by atoms with Crippen molar-refractivity contribution in [2.24, 2.45) is 5.92 Å². The Morgan fingerprint density at radius 2 is 1.97 bits per heavy atom. The Bertz CT molecular complexity index is 785. The van der Waals surface area contributed by atoms with E-state index in [2.05, 4.69) is 20.1 Å². The van der Waals surface area contributed by atoms with Gasteiger partial charge in [0.25, 0.3) is 0 Å². The molecule has 8 nitrogen and oxygen atoms in total. The number of nitrogens with zero attached hydrogens (tertiary/aromatic N) is 3. The van der Waals surface area contributed by atoms with E-state index in [-0.39, 0.29) is 18.2 Å². The molecule has 0 radical (unpaired) electrons. The van der Waals surface area contributed by atoms with Crippen molar-refractivity contribution in [2.45, 2.75) is 63.5 Å². The van der Waals surface area contributed by atoms with E-state index in [0.717, 1.165) is 89.0 Å². The molecular formula is C25H38N4O4. The summed E-state index contributed by atoms with van der Waals surface area (Å²) in [7, 11) is 0. The first-order valence-electron chi connectivity index (χ1n) is 12.9. The van der Waals surface area contributed by atoms with Crippen molar-refractivity contribution in [2.75, 3.05) is 57.4 Å². The van der Waals surface area contributed by atoms with Crippen molar-refractivity contribution in [3.63, 3.8) is 0 Å². The zero-order valence-electron chi connectivity index (χ0n) is 19.7. The molecule has 0 aromatic carbocycles. The number of hydrogen-bond donors (Lipinski definition) is 1. The molecule has 1 N–H and O–H groups in total. The van der Waals surface area contributed by atoms with Crippen molar-refractivity contribution in [3.05, 3.63) is 17.8 Å². The molecule has 33 heavy (non-hydrogen) atoms. The Labute approximate surface area is 196 Å². The smallest absolute Gasteiger partial charge is 0.407 e. The number of piperazine rings is 1. The van der Waals surface area contributed by atoms with Crippen LogP contribution in [0.25, 0.3) is 0 Å². The molecule has 0 bridgehead atoms. The molecule has 1 aromatic heterocycles. The van der Waals surface area contributed by atoms with Crippen LogP contribution in [0, 0.1) is 5.92 Å². The minimum atomic E-state index is -0.267. The van der Waals surface area contributed by atoms with Crippen LogP contribution in [0.4, 0.5) is 10.6 Å². The van der Waals surface area contributed by atoms with Crippen LogP contribution in [-0.4, -0.2) is 80.7 Å². The van der Waals surface area contributed by atoms with Gasteiger partial charge in [0.15, 0.2) is 0 Å². The minimum Gasteiger partial charge on any atom is -0.493 e. The molecular weight excluding hydrogens is 420 g/mol. The van der Waals surface area contributed by atoms with E-state index in [9.17, 15) is 4.79 Å². The topological polar surface area (TPSA) is 76.2 Å². The largest absolute Gasteiger partial charge is 0.493 e. The van der Waals surface area contributed by atoms with Gasteiger partial charge in [0.05, 0.1) is 13.2 Å². The number of aromatic nitrogens is 1. The second-order valence-corrected chi connectivity index (χ2v) is 9.93. The van der Waals surface area contributed by atoms with Crippen molar-refractivity contribution >= 4 is 11.9 Å². The highest BCUT2D eigenvalue weighted by atomic mass is 16.6. The Balaban J connectivity index is 0.980. The van der Waals surface area contributed by atoms with Gasteiger partial charge in [-0.05, 0) is 63.5 Å². The van der Waals surface area contributed by atoms with E-state index in [1.807, 2.05) is 12.3 Å². The average molecular weight is 459 g/mol. The predicted molar refractivity (Wildman–Crippen MR) is 126 cm³/mol. The summed E-state index contributed by atoms with van der Waals surface area (Å²) in [4.78, 5) is 21.9. The molecule has 3 fully saturated rings. The molecule has 2 saturated heterocycles. The standard InChI is InChI=1S/C25H38N4O4/c30-25(33-21-2-1-16-31-18-21)27-20-5-3-19(4-6-20)8-11-28-12-14-29(15-13-28)24-22-9-17-32-23(22)7-10-26-24/h7,10,19-21H,1-6,8-9,11-18H2,(H,27,30). The number of ether oxygens (including phenoxy) is 3. The lowest BCUT2D eigenvalue weighted by Crippen LogP contribution is -2.47. The SMILES string of the molecule is O=C(NC1CCC(CCN2CCN(c3nccc4c3CCO4)CC2)CC1)OC1CCCOC1. The predicted octanol–water partition coefficient (Wildman–Crippen LogP) is 2.99. The molecule has 4 heterocycles. The van der Waals surface area contributed by atoms with E-state index >= 15 is 0 Å². The van der Waals surface area contributed by atoms with Crippen LogP contribution >= 0.6 is 0 Å². The maximum atomic E-state index is 12.2. The first-order chi connectivity index (χ1) is 16.2. The molecule has 1 atom stereocenters. The monoisotopic (exact) mass is 458 g/mol. The average Bonchev–Trinajstić information content (AvgIpc) is 3.34. The number of anilines is 1. The summed E-state index contributed by atoms with van der Waals surface area (Å²) in [6.07, 6.45) is 10.1. The number of alkyl carbamates (subject to hydrolysis) is 1. The first kappa shape index (κ1) is 22.7. The number of carbonyl (C=O) groups is 1. The van der Waals surface area contributed by atoms with Crippen molar-refractivity contribution < 1.29 is 19.0 Å². The summed E-state index contributed by atoms with van der Waals surface area (Å²) in [5.41, 5.74) is 1.28. The third kappa shape index (κ3) is 5.90. The van der Waals surface area contributed by atoms with Crippen LogP contribution in [0.15, 0.2) is 12.3 Å². The molecule has 1 aromatic rings. The van der Waals surface area contributed by atoms with Gasteiger partial charge in [0.1, 0.15) is 17.7 Å². The van der Waals surface area contributed by atoms with E-state index < -0.39 is 0 Å². The van der Waals surface area contributed by atoms with Gasteiger partial charge in [-0.3, -0.25) is 4.90 Å². The zero-order chi connectivity index (χ0) is 22.5. The second kappa shape index (κ2) is 10.9. The molecule has 1 aliphatic carbocycles. The summed E-state index contributed by atoms with van der Waals surface area (Å²) in [5, 5.41) is 3.08. The molecule has 1 saturated carbocycles. The number of carbonyl (C=O) groups excluding carboxylic acids is 1. The number of nitrogens with one attached hydrogen (secondary N) is 1. The molecule has 1 amide bonds. The van der Waals surface area contributed by atoms with Crippen LogP contribution in [0.5, 0.6) is 5.75 Å². The number of pyridine rings is 1. The summed E-state index contributed by atoms with van der Waals surface area (Å²) < 4.78 is 16.6.